The van der Waals surface area contributed by atoms with Crippen molar-refractivity contribution in [2.75, 3.05) is 23.4 Å². The minimum Gasteiger partial charge on any atom is -0.371 e. The Morgan fingerprint density at radius 3 is 2.55 bits per heavy atom. The number of hydrogen-bond acceptors (Lipinski definition) is 2. The molecule has 0 saturated carbocycles. The molecule has 2 heterocycles. The molecule has 2 atom stereocenters. The van der Waals surface area contributed by atoms with E-state index < -0.39 is 10.9 Å². The van der Waals surface area contributed by atoms with Crippen molar-refractivity contribution in [3.8, 4) is 0 Å². The number of hydrogen-bond donors (Lipinski definition) is 0. The molecule has 1 spiro atoms. The standard InChI is InChI=1S/C17H14Cl2N2O/c1-20-10-17(13-4-2-3-5-14(13)20)15(19)16(22)21(17)12-8-6-11(18)7-9-12/h2-9,15H,10H2,1H3. The van der Waals surface area contributed by atoms with Gasteiger partial charge < -0.3 is 4.90 Å². The van der Waals surface area contributed by atoms with Crippen LogP contribution < -0.4 is 9.80 Å². The molecule has 5 heteroatoms. The van der Waals surface area contributed by atoms with Gasteiger partial charge in [-0.3, -0.25) is 9.69 Å². The minimum absolute atomic E-state index is 0.0610. The molecule has 112 valence electrons. The quantitative estimate of drug-likeness (QED) is 0.588. The SMILES string of the molecule is CN1CC2(c3ccccc31)C(Cl)C(=O)N2c1ccc(Cl)cc1. The van der Waals surface area contributed by atoms with Crippen molar-refractivity contribution in [2.24, 2.45) is 0 Å². The molecule has 2 aromatic carbocycles. The van der Waals surface area contributed by atoms with Crippen LogP contribution in [0.25, 0.3) is 0 Å². The number of alkyl halides is 1. The summed E-state index contributed by atoms with van der Waals surface area (Å²) in [4.78, 5) is 16.4. The minimum atomic E-state index is -0.547. The summed E-state index contributed by atoms with van der Waals surface area (Å²) in [6, 6.07) is 15.4. The van der Waals surface area contributed by atoms with Crippen LogP contribution >= 0.6 is 23.2 Å². The molecule has 3 nitrogen and oxygen atoms in total. The zero-order chi connectivity index (χ0) is 15.5. The van der Waals surface area contributed by atoms with Crippen molar-refractivity contribution in [1.82, 2.24) is 0 Å². The summed E-state index contributed by atoms with van der Waals surface area (Å²) in [6.07, 6.45) is 0. The van der Waals surface area contributed by atoms with Gasteiger partial charge in [0.1, 0.15) is 10.9 Å². The number of likely N-dealkylation sites (N-methyl/N-ethyl adjacent to an activating group) is 1. The molecule has 1 amide bonds. The molecule has 2 aliphatic rings. The van der Waals surface area contributed by atoms with Gasteiger partial charge in [0.25, 0.3) is 0 Å². The number of amides is 1. The highest BCUT2D eigenvalue weighted by atomic mass is 35.5. The van der Waals surface area contributed by atoms with Gasteiger partial charge in [-0.1, -0.05) is 29.8 Å². The van der Waals surface area contributed by atoms with Crippen LogP contribution in [-0.4, -0.2) is 24.9 Å². The number of para-hydroxylation sites is 1. The van der Waals surface area contributed by atoms with Crippen LogP contribution in [0.2, 0.25) is 5.02 Å². The smallest absolute Gasteiger partial charge is 0.248 e. The molecule has 1 fully saturated rings. The predicted molar refractivity (Wildman–Crippen MR) is 90.0 cm³/mol. The number of fused-ring (bicyclic) bond motifs is 2. The van der Waals surface area contributed by atoms with Crippen LogP contribution in [0, 0.1) is 0 Å². The molecule has 1 saturated heterocycles. The van der Waals surface area contributed by atoms with Crippen LogP contribution in [0.15, 0.2) is 48.5 Å². The maximum atomic E-state index is 12.5. The first-order valence-electron chi connectivity index (χ1n) is 7.10. The van der Waals surface area contributed by atoms with Crippen molar-refractivity contribution < 1.29 is 4.79 Å². The van der Waals surface area contributed by atoms with E-state index in [0.29, 0.717) is 11.6 Å². The Kier molecular flexibility index (Phi) is 2.94. The van der Waals surface area contributed by atoms with Gasteiger partial charge in [-0.25, -0.2) is 0 Å². The molecule has 2 aliphatic heterocycles. The summed E-state index contributed by atoms with van der Waals surface area (Å²) in [6.45, 7) is 0.689. The normalized spacial score (nSPS) is 26.3. The zero-order valence-electron chi connectivity index (χ0n) is 12.0. The Morgan fingerprint density at radius 1 is 1.14 bits per heavy atom. The molecule has 2 unspecified atom stereocenters. The monoisotopic (exact) mass is 332 g/mol. The second kappa shape index (κ2) is 4.64. The first-order valence-corrected chi connectivity index (χ1v) is 7.91. The fourth-order valence-corrected chi connectivity index (χ4v) is 4.13. The van der Waals surface area contributed by atoms with Gasteiger partial charge in [-0.05, 0) is 30.3 Å². The third-order valence-corrected chi connectivity index (χ3v) is 5.40. The maximum Gasteiger partial charge on any atom is 0.248 e. The topological polar surface area (TPSA) is 23.6 Å². The van der Waals surface area contributed by atoms with Crippen LogP contribution in [0.1, 0.15) is 5.56 Å². The second-order valence-electron chi connectivity index (χ2n) is 5.81. The second-order valence-corrected chi connectivity index (χ2v) is 6.68. The third kappa shape index (κ3) is 1.61. The van der Waals surface area contributed by atoms with E-state index in [1.54, 1.807) is 12.1 Å². The van der Waals surface area contributed by atoms with Crippen LogP contribution in [-0.2, 0) is 10.3 Å². The lowest BCUT2D eigenvalue weighted by Crippen LogP contribution is -2.72. The van der Waals surface area contributed by atoms with Crippen molar-refractivity contribution in [2.45, 2.75) is 10.9 Å². The predicted octanol–water partition coefficient (Wildman–Crippen LogP) is 3.64. The van der Waals surface area contributed by atoms with Gasteiger partial charge in [-0.2, -0.15) is 0 Å². The number of carbonyl (C=O) groups is 1. The van der Waals surface area contributed by atoms with E-state index in [9.17, 15) is 4.79 Å². The van der Waals surface area contributed by atoms with E-state index in [2.05, 4.69) is 17.0 Å². The maximum absolute atomic E-state index is 12.5. The molecule has 0 N–H and O–H groups in total. The van der Waals surface area contributed by atoms with E-state index in [-0.39, 0.29) is 5.91 Å². The lowest BCUT2D eigenvalue weighted by molar-refractivity contribution is -0.126. The van der Waals surface area contributed by atoms with E-state index in [1.807, 2.05) is 36.2 Å². The number of benzene rings is 2. The Morgan fingerprint density at radius 2 is 1.82 bits per heavy atom. The lowest BCUT2D eigenvalue weighted by atomic mass is 9.78. The van der Waals surface area contributed by atoms with Gasteiger partial charge >= 0.3 is 0 Å². The van der Waals surface area contributed by atoms with E-state index in [4.69, 9.17) is 23.2 Å². The summed E-state index contributed by atoms with van der Waals surface area (Å²) in [7, 11) is 2.03. The average Bonchev–Trinajstić information content (AvgIpc) is 2.85. The van der Waals surface area contributed by atoms with Gasteiger partial charge in [0, 0.05) is 35.6 Å². The van der Waals surface area contributed by atoms with Crippen molar-refractivity contribution >= 4 is 40.5 Å². The van der Waals surface area contributed by atoms with E-state index >= 15 is 0 Å². The molecule has 2 aromatic rings. The van der Waals surface area contributed by atoms with Gasteiger partial charge in [-0.15, -0.1) is 11.6 Å². The highest BCUT2D eigenvalue weighted by molar-refractivity contribution is 6.38. The molecule has 0 radical (unpaired) electrons. The van der Waals surface area contributed by atoms with Crippen LogP contribution in [0.4, 0.5) is 11.4 Å². The molecular formula is C17H14Cl2N2O. The number of anilines is 2. The highest BCUT2D eigenvalue weighted by Crippen LogP contribution is 2.54. The molecule has 0 aliphatic carbocycles. The van der Waals surface area contributed by atoms with Crippen LogP contribution in [0.3, 0.4) is 0 Å². The van der Waals surface area contributed by atoms with E-state index in [1.165, 1.54) is 0 Å². The number of nitrogens with zero attached hydrogens (tertiary/aromatic N) is 2. The lowest BCUT2D eigenvalue weighted by Gasteiger charge is -2.53. The summed E-state index contributed by atoms with van der Waals surface area (Å²) < 4.78 is 0. The fraction of sp³-hybridized carbons (Fsp3) is 0.235. The van der Waals surface area contributed by atoms with Crippen molar-refractivity contribution in [3.05, 3.63) is 59.1 Å². The van der Waals surface area contributed by atoms with Gasteiger partial charge in [0.15, 0.2) is 0 Å². The molecular weight excluding hydrogens is 319 g/mol. The number of carbonyl (C=O) groups excluding carboxylic acids is 1. The zero-order valence-corrected chi connectivity index (χ0v) is 13.5. The molecule has 4 rings (SSSR count). The average molecular weight is 333 g/mol. The number of β-lactam (4-membered cyclic amide) rings is 1. The summed E-state index contributed by atoms with van der Waals surface area (Å²) >= 11 is 12.4. The summed E-state index contributed by atoms with van der Waals surface area (Å²) in [5, 5.41) is 0.103. The fourth-order valence-electron chi connectivity index (χ4n) is 3.62. The third-order valence-electron chi connectivity index (χ3n) is 4.60. The highest BCUT2D eigenvalue weighted by Gasteiger charge is 2.64. The molecule has 22 heavy (non-hydrogen) atoms. The Labute approximate surface area is 139 Å². The Bertz CT molecular complexity index is 762. The van der Waals surface area contributed by atoms with Crippen molar-refractivity contribution in [1.29, 1.82) is 0 Å². The first kappa shape index (κ1) is 13.9. The first-order chi connectivity index (χ1) is 10.6. The number of rotatable bonds is 1. The van der Waals surface area contributed by atoms with Crippen LogP contribution in [0.5, 0.6) is 0 Å². The molecule has 0 bridgehead atoms. The molecule has 0 aromatic heterocycles. The Hall–Kier alpha value is -1.71. The van der Waals surface area contributed by atoms with Gasteiger partial charge in [0.2, 0.25) is 5.91 Å². The van der Waals surface area contributed by atoms with Crippen molar-refractivity contribution in [3.63, 3.8) is 0 Å². The largest absolute Gasteiger partial charge is 0.371 e. The number of halogens is 2. The summed E-state index contributed by atoms with van der Waals surface area (Å²) in [5.41, 5.74) is 2.56. The Balaban J connectivity index is 1.87. The summed E-state index contributed by atoms with van der Waals surface area (Å²) in [5.74, 6) is -0.0610. The van der Waals surface area contributed by atoms with Gasteiger partial charge in [0.05, 0.1) is 0 Å². The van der Waals surface area contributed by atoms with E-state index in [0.717, 1.165) is 16.9 Å².